The first-order chi connectivity index (χ1) is 15.3. The van der Waals surface area contributed by atoms with E-state index in [4.69, 9.17) is 10.5 Å². The van der Waals surface area contributed by atoms with Crippen molar-refractivity contribution in [3.63, 3.8) is 0 Å². The molecule has 0 saturated heterocycles. The number of nitriles is 2. The lowest BCUT2D eigenvalue weighted by Crippen LogP contribution is -2.09. The van der Waals surface area contributed by atoms with Crippen LogP contribution in [0.1, 0.15) is 11.1 Å². The van der Waals surface area contributed by atoms with Gasteiger partial charge in [0, 0.05) is 17.1 Å². The highest BCUT2D eigenvalue weighted by Gasteiger charge is 2.11. The summed E-state index contributed by atoms with van der Waals surface area (Å²) in [6.45, 7) is 0. The number of anilines is 3. The maximum atomic E-state index is 9.15. The lowest BCUT2D eigenvalue weighted by atomic mass is 10.1. The zero-order chi connectivity index (χ0) is 21.5. The zero-order valence-electron chi connectivity index (χ0n) is 16.6. The maximum Gasteiger partial charge on any atom is 0.101 e. The fourth-order valence-corrected chi connectivity index (χ4v) is 3.17. The predicted octanol–water partition coefficient (Wildman–Crippen LogP) is 7.32. The van der Waals surface area contributed by atoms with E-state index in [1.807, 2.05) is 72.8 Å². The van der Waals surface area contributed by atoms with Crippen LogP contribution in [0.2, 0.25) is 0 Å². The van der Waals surface area contributed by atoms with Gasteiger partial charge in [0.25, 0.3) is 0 Å². The van der Waals surface area contributed by atoms with Gasteiger partial charge in [-0.1, -0.05) is 36.4 Å². The number of nitrogens with zero attached hydrogens (tertiary/aromatic N) is 5. The van der Waals surface area contributed by atoms with Gasteiger partial charge < -0.3 is 4.90 Å². The van der Waals surface area contributed by atoms with Crippen molar-refractivity contribution < 1.29 is 0 Å². The Hall–Kier alpha value is -4.74. The Labute approximate surface area is 180 Å². The van der Waals surface area contributed by atoms with Gasteiger partial charge in [0.2, 0.25) is 0 Å². The molecule has 0 radical (unpaired) electrons. The van der Waals surface area contributed by atoms with Crippen molar-refractivity contribution in [2.45, 2.75) is 0 Å². The van der Waals surface area contributed by atoms with Crippen LogP contribution in [0.3, 0.4) is 0 Å². The van der Waals surface area contributed by atoms with Crippen LogP contribution in [0.15, 0.2) is 113 Å². The van der Waals surface area contributed by atoms with E-state index in [0.29, 0.717) is 16.9 Å². The van der Waals surface area contributed by atoms with Crippen molar-refractivity contribution in [2.75, 3.05) is 4.90 Å². The van der Waals surface area contributed by atoms with Gasteiger partial charge in [-0.2, -0.15) is 20.8 Å². The Balaban J connectivity index is 1.62. The van der Waals surface area contributed by atoms with Gasteiger partial charge in [0.15, 0.2) is 0 Å². The summed E-state index contributed by atoms with van der Waals surface area (Å²) < 4.78 is 0. The molecule has 0 unspecified atom stereocenters. The molecule has 0 N–H and O–H groups in total. The quantitative estimate of drug-likeness (QED) is 0.330. The fourth-order valence-electron chi connectivity index (χ4n) is 3.17. The molecule has 0 amide bonds. The van der Waals surface area contributed by atoms with E-state index in [1.54, 1.807) is 18.2 Å². The number of hydrogen-bond acceptors (Lipinski definition) is 5. The van der Waals surface area contributed by atoms with E-state index in [2.05, 4.69) is 39.4 Å². The van der Waals surface area contributed by atoms with E-state index in [9.17, 15) is 0 Å². The molecule has 4 aromatic rings. The van der Waals surface area contributed by atoms with Crippen molar-refractivity contribution in [1.82, 2.24) is 0 Å². The minimum atomic E-state index is 0.288. The SMILES string of the molecule is N#Cc1ccc(N=Nc2ccc(N(c3ccccc3)c3ccccc3)cc2)cc1C#N. The molecule has 4 rings (SSSR count). The van der Waals surface area contributed by atoms with Gasteiger partial charge in [-0.05, 0) is 66.7 Å². The Morgan fingerprint density at radius 1 is 0.516 bits per heavy atom. The van der Waals surface area contributed by atoms with E-state index in [0.717, 1.165) is 17.1 Å². The van der Waals surface area contributed by atoms with Crippen molar-refractivity contribution in [3.05, 3.63) is 114 Å². The number of benzene rings is 4. The van der Waals surface area contributed by atoms with Crippen LogP contribution in [0, 0.1) is 22.7 Å². The third-order valence-electron chi connectivity index (χ3n) is 4.66. The molecule has 5 nitrogen and oxygen atoms in total. The molecule has 0 bridgehead atoms. The summed E-state index contributed by atoms with van der Waals surface area (Å²) in [6.07, 6.45) is 0. The summed E-state index contributed by atoms with van der Waals surface area (Å²) in [4.78, 5) is 2.17. The van der Waals surface area contributed by atoms with E-state index < -0.39 is 0 Å². The summed E-state index contributed by atoms with van der Waals surface area (Å²) >= 11 is 0. The fraction of sp³-hybridized carbons (Fsp3) is 0. The molecule has 5 heteroatoms. The van der Waals surface area contributed by atoms with E-state index in [1.165, 1.54) is 0 Å². The van der Waals surface area contributed by atoms with Crippen LogP contribution in [-0.2, 0) is 0 Å². The Kier molecular flexibility index (Phi) is 5.79. The molecule has 146 valence electrons. The van der Waals surface area contributed by atoms with E-state index >= 15 is 0 Å². The third kappa shape index (κ3) is 4.48. The summed E-state index contributed by atoms with van der Waals surface area (Å²) in [5.74, 6) is 0. The number of rotatable bonds is 5. The first kappa shape index (κ1) is 19.6. The summed E-state index contributed by atoms with van der Waals surface area (Å²) in [5, 5.41) is 26.6. The standard InChI is InChI=1S/C26H17N5/c27-18-20-11-12-23(17-21(20)19-28)30-29-22-13-15-26(16-14-22)31(24-7-3-1-4-8-24)25-9-5-2-6-10-25/h1-17H. The average molecular weight is 399 g/mol. The second kappa shape index (κ2) is 9.17. The van der Waals surface area contributed by atoms with Crippen molar-refractivity contribution in [2.24, 2.45) is 10.2 Å². The Morgan fingerprint density at radius 3 is 1.55 bits per heavy atom. The van der Waals surface area contributed by atoms with Crippen LogP contribution >= 0.6 is 0 Å². The number of azo groups is 1. The van der Waals surface area contributed by atoms with Gasteiger partial charge in [0.1, 0.15) is 12.1 Å². The molecule has 0 heterocycles. The summed E-state index contributed by atoms with van der Waals surface area (Å²) in [7, 11) is 0. The highest BCUT2D eigenvalue weighted by Crippen LogP contribution is 2.35. The molecule has 0 aliphatic rings. The monoisotopic (exact) mass is 399 g/mol. The summed E-state index contributed by atoms with van der Waals surface area (Å²) in [6, 6.07) is 36.9. The molecule has 0 saturated carbocycles. The molecule has 0 aromatic heterocycles. The van der Waals surface area contributed by atoms with Gasteiger partial charge >= 0.3 is 0 Å². The zero-order valence-corrected chi connectivity index (χ0v) is 16.6. The molecule has 0 atom stereocenters. The maximum absolute atomic E-state index is 9.15. The van der Waals surface area contributed by atoms with Crippen LogP contribution in [0.4, 0.5) is 28.4 Å². The molecule has 4 aromatic carbocycles. The van der Waals surface area contributed by atoms with Gasteiger partial charge in [0.05, 0.1) is 22.5 Å². The molecule has 31 heavy (non-hydrogen) atoms. The molecule has 0 spiro atoms. The lowest BCUT2D eigenvalue weighted by molar-refractivity contribution is 1.22. The molecule has 0 aliphatic carbocycles. The number of hydrogen-bond donors (Lipinski definition) is 0. The smallest absolute Gasteiger partial charge is 0.101 e. The van der Waals surface area contributed by atoms with Gasteiger partial charge in [-0.15, -0.1) is 0 Å². The van der Waals surface area contributed by atoms with Crippen molar-refractivity contribution in [3.8, 4) is 12.1 Å². The van der Waals surface area contributed by atoms with Crippen LogP contribution in [-0.4, -0.2) is 0 Å². The highest BCUT2D eigenvalue weighted by molar-refractivity contribution is 5.76. The minimum Gasteiger partial charge on any atom is -0.311 e. The first-order valence-corrected chi connectivity index (χ1v) is 9.65. The third-order valence-corrected chi connectivity index (χ3v) is 4.66. The largest absolute Gasteiger partial charge is 0.311 e. The van der Waals surface area contributed by atoms with E-state index in [-0.39, 0.29) is 5.56 Å². The topological polar surface area (TPSA) is 75.5 Å². The second-order valence-corrected chi connectivity index (χ2v) is 6.68. The summed E-state index contributed by atoms with van der Waals surface area (Å²) in [5.41, 5.74) is 4.95. The molecular weight excluding hydrogens is 382 g/mol. The van der Waals surface area contributed by atoms with Gasteiger partial charge in [-0.3, -0.25) is 0 Å². The van der Waals surface area contributed by atoms with Crippen LogP contribution < -0.4 is 4.90 Å². The number of para-hydroxylation sites is 2. The normalized spacial score (nSPS) is 10.4. The Bertz CT molecular complexity index is 1240. The average Bonchev–Trinajstić information content (AvgIpc) is 2.85. The van der Waals surface area contributed by atoms with Gasteiger partial charge in [-0.25, -0.2) is 0 Å². The first-order valence-electron chi connectivity index (χ1n) is 9.65. The Morgan fingerprint density at radius 2 is 1.00 bits per heavy atom. The van der Waals surface area contributed by atoms with Crippen molar-refractivity contribution >= 4 is 28.4 Å². The van der Waals surface area contributed by atoms with Crippen LogP contribution in [0.5, 0.6) is 0 Å². The second-order valence-electron chi connectivity index (χ2n) is 6.68. The molecule has 0 aliphatic heterocycles. The highest BCUT2D eigenvalue weighted by atomic mass is 15.1. The molecule has 0 fully saturated rings. The van der Waals surface area contributed by atoms with Crippen LogP contribution in [0.25, 0.3) is 0 Å². The lowest BCUT2D eigenvalue weighted by Gasteiger charge is -2.25. The predicted molar refractivity (Wildman–Crippen MR) is 121 cm³/mol. The molecular formula is C26H17N5. The van der Waals surface area contributed by atoms with Crippen molar-refractivity contribution in [1.29, 1.82) is 10.5 Å². The minimum absolute atomic E-state index is 0.288.